The van der Waals surface area contributed by atoms with Crippen LogP contribution in [0.2, 0.25) is 0 Å². The van der Waals surface area contributed by atoms with E-state index in [-0.39, 0.29) is 12.1 Å². The lowest BCUT2D eigenvalue weighted by molar-refractivity contribution is -0.0191. The van der Waals surface area contributed by atoms with Crippen LogP contribution in [0, 0.1) is 13.8 Å². The van der Waals surface area contributed by atoms with Gasteiger partial charge in [0.05, 0.1) is 0 Å². The molecule has 0 amide bonds. The van der Waals surface area contributed by atoms with Gasteiger partial charge in [0.1, 0.15) is 6.10 Å². The molecule has 0 spiro atoms. The molecule has 0 bridgehead atoms. The Kier molecular flexibility index (Phi) is 8.15. The van der Waals surface area contributed by atoms with Crippen molar-refractivity contribution in [2.24, 2.45) is 0 Å². The van der Waals surface area contributed by atoms with Gasteiger partial charge in [-0.1, -0.05) is 120 Å². The number of nitrogens with zero attached hydrogens (tertiary/aromatic N) is 1. The molecule has 4 aromatic rings. The Labute approximate surface area is 221 Å². The normalized spacial score (nSPS) is 15.9. The van der Waals surface area contributed by atoms with Crippen LogP contribution in [-0.4, -0.2) is 17.0 Å². The first-order valence-electron chi connectivity index (χ1n) is 13.2. The summed E-state index contributed by atoms with van der Waals surface area (Å²) in [4.78, 5) is 8.86. The Balaban J connectivity index is 1.46. The van der Waals surface area contributed by atoms with Gasteiger partial charge in [0.25, 0.3) is 0 Å². The number of allylic oxidation sites excluding steroid dienone is 1. The number of aryl methyl sites for hydroxylation is 2. The molecule has 1 heterocycles. The fraction of sp³-hybridized carbons (Fsp3) is 0.235. The van der Waals surface area contributed by atoms with Crippen LogP contribution in [0.4, 0.5) is 0 Å². The molecule has 4 aromatic carbocycles. The predicted molar refractivity (Wildman–Crippen MR) is 152 cm³/mol. The van der Waals surface area contributed by atoms with Crippen LogP contribution in [0.5, 0.6) is 0 Å². The second-order valence-electron chi connectivity index (χ2n) is 10.2. The fourth-order valence-electron chi connectivity index (χ4n) is 4.97. The number of benzene rings is 4. The first-order valence-corrected chi connectivity index (χ1v) is 13.2. The second-order valence-corrected chi connectivity index (χ2v) is 10.2. The van der Waals surface area contributed by atoms with Crippen LogP contribution in [0.1, 0.15) is 33.4 Å². The highest BCUT2D eigenvalue weighted by Gasteiger charge is 2.31. The summed E-state index contributed by atoms with van der Waals surface area (Å²) in [5.41, 5.74) is 12.2. The molecule has 3 heteroatoms. The molecule has 0 fully saturated rings. The van der Waals surface area contributed by atoms with Gasteiger partial charge in [0.15, 0.2) is 0 Å². The molecule has 5 rings (SSSR count). The van der Waals surface area contributed by atoms with Crippen molar-refractivity contribution in [1.29, 1.82) is 0 Å². The number of hydrogen-bond donors (Lipinski definition) is 1. The summed E-state index contributed by atoms with van der Waals surface area (Å²) >= 11 is 0. The third-order valence-corrected chi connectivity index (χ3v) is 7.08. The van der Waals surface area contributed by atoms with Gasteiger partial charge >= 0.3 is 0 Å². The lowest BCUT2D eigenvalue weighted by Crippen LogP contribution is -2.44. The van der Waals surface area contributed by atoms with Crippen molar-refractivity contribution in [3.05, 3.63) is 154 Å². The minimum Gasteiger partial charge on any atom is -0.289 e. The zero-order valence-corrected chi connectivity index (χ0v) is 21.8. The molecule has 0 saturated carbocycles. The van der Waals surface area contributed by atoms with Gasteiger partial charge in [-0.05, 0) is 48.6 Å². The van der Waals surface area contributed by atoms with E-state index in [9.17, 15) is 0 Å². The summed E-state index contributed by atoms with van der Waals surface area (Å²) in [7, 11) is 0. The minimum absolute atomic E-state index is 0.0604. The Morgan fingerprint density at radius 2 is 1.16 bits per heavy atom. The molecular formula is C34H36N2O. The maximum atomic E-state index is 6.28. The smallest absolute Gasteiger partial charge is 0.121 e. The molecule has 37 heavy (non-hydrogen) atoms. The van der Waals surface area contributed by atoms with Gasteiger partial charge in [-0.25, -0.2) is 0 Å². The first kappa shape index (κ1) is 25.0. The van der Waals surface area contributed by atoms with Crippen molar-refractivity contribution in [2.45, 2.75) is 51.9 Å². The van der Waals surface area contributed by atoms with Crippen LogP contribution < -0.4 is 5.48 Å². The number of hydroxylamine groups is 1. The van der Waals surface area contributed by atoms with Crippen molar-refractivity contribution in [3.63, 3.8) is 0 Å². The first-order chi connectivity index (χ1) is 18.1. The van der Waals surface area contributed by atoms with E-state index in [1.165, 1.54) is 33.4 Å². The fourth-order valence-corrected chi connectivity index (χ4v) is 4.97. The average Bonchev–Trinajstić information content (AvgIpc) is 3.38. The standard InChI is InChI=1S/C34H36N2O/c1-26-13-17-30(18-14-26)24-36(25-31-19-15-27(2)16-20-31)33(22-29-11-7-4-8-12-29)34-23-32(35-37-34)21-28-9-5-3-6-10-28/h3-20,23,33-35H,21-22,24-25H2,1-2H3. The average molecular weight is 489 g/mol. The SMILES string of the molecule is Cc1ccc(CN(Cc2ccc(C)cc2)C(Cc2ccccc2)C2C=C(Cc3ccccc3)NO2)cc1. The van der Waals surface area contributed by atoms with Gasteiger partial charge in [-0.15, -0.1) is 0 Å². The van der Waals surface area contributed by atoms with Crippen LogP contribution in [0.25, 0.3) is 0 Å². The molecule has 3 nitrogen and oxygen atoms in total. The summed E-state index contributed by atoms with van der Waals surface area (Å²) in [6.07, 6.45) is 3.97. The molecular weight excluding hydrogens is 452 g/mol. The van der Waals surface area contributed by atoms with E-state index in [2.05, 4.69) is 139 Å². The van der Waals surface area contributed by atoms with E-state index in [4.69, 9.17) is 4.84 Å². The highest BCUT2D eigenvalue weighted by molar-refractivity contribution is 5.27. The van der Waals surface area contributed by atoms with Crippen LogP contribution in [-0.2, 0) is 30.8 Å². The molecule has 0 saturated heterocycles. The summed E-state index contributed by atoms with van der Waals surface area (Å²) in [5, 5.41) is 0. The summed E-state index contributed by atoms with van der Waals surface area (Å²) in [6, 6.07) is 39.3. The Morgan fingerprint density at radius 3 is 1.70 bits per heavy atom. The van der Waals surface area contributed by atoms with Gasteiger partial charge in [-0.3, -0.25) is 15.2 Å². The molecule has 2 atom stereocenters. The topological polar surface area (TPSA) is 24.5 Å². The summed E-state index contributed by atoms with van der Waals surface area (Å²) < 4.78 is 0. The number of rotatable bonds is 10. The molecule has 0 aliphatic carbocycles. The summed E-state index contributed by atoms with van der Waals surface area (Å²) in [5.74, 6) is 0. The lowest BCUT2D eigenvalue weighted by atomic mass is 9.97. The minimum atomic E-state index is -0.0604. The Morgan fingerprint density at radius 1 is 0.649 bits per heavy atom. The van der Waals surface area contributed by atoms with Gasteiger partial charge < -0.3 is 0 Å². The van der Waals surface area contributed by atoms with Gasteiger partial charge in [0.2, 0.25) is 0 Å². The second kappa shape index (κ2) is 12.1. The predicted octanol–water partition coefficient (Wildman–Crippen LogP) is 6.95. The van der Waals surface area contributed by atoms with Crippen molar-refractivity contribution in [3.8, 4) is 0 Å². The summed E-state index contributed by atoms with van der Waals surface area (Å²) in [6.45, 7) is 5.99. The molecule has 1 N–H and O–H groups in total. The van der Waals surface area contributed by atoms with Crippen molar-refractivity contribution in [1.82, 2.24) is 10.4 Å². The van der Waals surface area contributed by atoms with Crippen molar-refractivity contribution < 1.29 is 4.84 Å². The van der Waals surface area contributed by atoms with Gasteiger partial charge in [-0.2, -0.15) is 0 Å². The molecule has 0 aromatic heterocycles. The van der Waals surface area contributed by atoms with Crippen LogP contribution in [0.3, 0.4) is 0 Å². The molecule has 0 radical (unpaired) electrons. The van der Waals surface area contributed by atoms with E-state index in [0.29, 0.717) is 0 Å². The highest BCUT2D eigenvalue weighted by Crippen LogP contribution is 2.25. The Bertz CT molecular complexity index is 1230. The van der Waals surface area contributed by atoms with Crippen LogP contribution in [0.15, 0.2) is 121 Å². The molecule has 188 valence electrons. The zero-order valence-electron chi connectivity index (χ0n) is 21.8. The van der Waals surface area contributed by atoms with E-state index in [1.807, 2.05) is 0 Å². The zero-order chi connectivity index (χ0) is 25.5. The largest absolute Gasteiger partial charge is 0.289 e. The highest BCUT2D eigenvalue weighted by atomic mass is 16.7. The van der Waals surface area contributed by atoms with E-state index >= 15 is 0 Å². The van der Waals surface area contributed by atoms with E-state index < -0.39 is 0 Å². The molecule has 2 unspecified atom stereocenters. The van der Waals surface area contributed by atoms with E-state index in [0.717, 1.165) is 31.6 Å². The van der Waals surface area contributed by atoms with E-state index in [1.54, 1.807) is 0 Å². The van der Waals surface area contributed by atoms with Crippen LogP contribution >= 0.6 is 0 Å². The van der Waals surface area contributed by atoms with Crippen molar-refractivity contribution >= 4 is 0 Å². The Hall–Kier alpha value is -3.66. The number of nitrogens with one attached hydrogen (secondary N) is 1. The van der Waals surface area contributed by atoms with Gasteiger partial charge in [0, 0.05) is 31.2 Å². The third kappa shape index (κ3) is 6.97. The molecule has 1 aliphatic heterocycles. The third-order valence-electron chi connectivity index (χ3n) is 7.08. The van der Waals surface area contributed by atoms with Crippen molar-refractivity contribution in [2.75, 3.05) is 0 Å². The lowest BCUT2D eigenvalue weighted by Gasteiger charge is -2.34. The quantitative estimate of drug-likeness (QED) is 0.261. The maximum Gasteiger partial charge on any atom is 0.121 e. The maximum absolute atomic E-state index is 6.28. The monoisotopic (exact) mass is 488 g/mol. The number of hydrogen-bond acceptors (Lipinski definition) is 3. The molecule has 1 aliphatic rings.